The summed E-state index contributed by atoms with van der Waals surface area (Å²) >= 11 is 0. The molecule has 1 aromatic carbocycles. The summed E-state index contributed by atoms with van der Waals surface area (Å²) in [6.07, 6.45) is 11.2. The molecule has 2 saturated carbocycles. The number of imidazole rings is 1. The minimum absolute atomic E-state index is 0. The van der Waals surface area contributed by atoms with E-state index >= 15 is 0 Å². The average Bonchev–Trinajstić information content (AvgIpc) is 3.32. The third-order valence-electron chi connectivity index (χ3n) is 5.49. The highest BCUT2D eigenvalue weighted by Crippen LogP contribution is 2.35. The van der Waals surface area contributed by atoms with Crippen molar-refractivity contribution in [3.8, 4) is 11.3 Å². The number of benzene rings is 1. The van der Waals surface area contributed by atoms with Gasteiger partial charge in [-0.05, 0) is 73.9 Å². The Morgan fingerprint density at radius 1 is 1.08 bits per heavy atom. The lowest BCUT2D eigenvalue weighted by Crippen LogP contribution is -2.32. The summed E-state index contributed by atoms with van der Waals surface area (Å²) in [5.74, 6) is 2.37. The number of hydrogen-bond acceptors (Lipinski definition) is 2. The number of rotatable bonds is 6. The number of H-pyrrole nitrogens is 1. The number of halogens is 2. The lowest BCUT2D eigenvalue weighted by molar-refractivity contribution is 0.262. The van der Waals surface area contributed by atoms with Crippen molar-refractivity contribution in [1.82, 2.24) is 15.3 Å². The Morgan fingerprint density at radius 3 is 2.48 bits per heavy atom. The van der Waals surface area contributed by atoms with E-state index in [0.717, 1.165) is 29.5 Å². The Bertz CT molecular complexity index is 660. The smallest absolute Gasteiger partial charge is 0.123 e. The predicted octanol–water partition coefficient (Wildman–Crippen LogP) is 5.26. The molecule has 5 heteroatoms. The van der Waals surface area contributed by atoms with Gasteiger partial charge in [-0.25, -0.2) is 9.37 Å². The molecule has 1 aromatic heterocycles. The quantitative estimate of drug-likeness (QED) is 0.735. The van der Waals surface area contributed by atoms with Crippen LogP contribution >= 0.6 is 12.4 Å². The van der Waals surface area contributed by atoms with Gasteiger partial charge in [-0.3, -0.25) is 0 Å². The number of nitrogens with zero attached hydrogens (tertiary/aromatic N) is 1. The van der Waals surface area contributed by atoms with Crippen molar-refractivity contribution in [1.29, 1.82) is 0 Å². The van der Waals surface area contributed by atoms with E-state index in [1.165, 1.54) is 57.1 Å². The highest BCUT2D eigenvalue weighted by molar-refractivity contribution is 5.85. The first-order chi connectivity index (χ1) is 11.8. The Balaban J connectivity index is 0.00000182. The summed E-state index contributed by atoms with van der Waals surface area (Å²) < 4.78 is 13.1. The molecule has 2 aliphatic carbocycles. The second kappa shape index (κ2) is 8.33. The molecule has 0 unspecified atom stereocenters. The fourth-order valence-electron chi connectivity index (χ4n) is 3.84. The van der Waals surface area contributed by atoms with E-state index in [4.69, 9.17) is 0 Å². The Hall–Kier alpha value is -1.39. The van der Waals surface area contributed by atoms with E-state index in [-0.39, 0.29) is 18.2 Å². The molecule has 2 aliphatic rings. The topological polar surface area (TPSA) is 40.7 Å². The monoisotopic (exact) mass is 363 g/mol. The maximum Gasteiger partial charge on any atom is 0.123 e. The molecule has 136 valence electrons. The molecule has 0 radical (unpaired) electrons. The van der Waals surface area contributed by atoms with Crippen LogP contribution in [0, 0.1) is 17.7 Å². The summed E-state index contributed by atoms with van der Waals surface area (Å²) in [6.45, 7) is 1.10. The highest BCUT2D eigenvalue weighted by Gasteiger charge is 2.29. The van der Waals surface area contributed by atoms with E-state index in [1.807, 2.05) is 6.20 Å². The Labute approximate surface area is 155 Å². The van der Waals surface area contributed by atoms with Gasteiger partial charge in [-0.1, -0.05) is 19.3 Å². The first-order valence-corrected chi connectivity index (χ1v) is 9.34. The normalized spacial score (nSPS) is 19.4. The predicted molar refractivity (Wildman–Crippen MR) is 101 cm³/mol. The van der Waals surface area contributed by atoms with E-state index in [9.17, 15) is 4.39 Å². The van der Waals surface area contributed by atoms with Gasteiger partial charge in [0.25, 0.3) is 0 Å². The largest absolute Gasteiger partial charge is 0.341 e. The van der Waals surface area contributed by atoms with Crippen LogP contribution < -0.4 is 5.32 Å². The number of nitrogens with one attached hydrogen (secondary N) is 2. The molecule has 0 spiro atoms. The third kappa shape index (κ3) is 4.62. The standard InChI is InChI=1S/C20H26FN3.ClH/c21-17-10-8-15(9-11-17)18-13-23-20(24-18)19(22-12-14-6-7-14)16-4-2-1-3-5-16;/h8-11,13-14,16,19,22H,1-7,12H2,(H,23,24);1H/t19-;/m0./s1. The van der Waals surface area contributed by atoms with Gasteiger partial charge in [0.2, 0.25) is 0 Å². The van der Waals surface area contributed by atoms with Crippen molar-refractivity contribution in [3.05, 3.63) is 42.1 Å². The van der Waals surface area contributed by atoms with Gasteiger partial charge in [0.1, 0.15) is 11.6 Å². The summed E-state index contributed by atoms with van der Waals surface area (Å²) in [5, 5.41) is 3.79. The molecule has 1 atom stereocenters. The average molecular weight is 364 g/mol. The zero-order chi connectivity index (χ0) is 16.4. The molecule has 0 saturated heterocycles. The van der Waals surface area contributed by atoms with Gasteiger partial charge in [-0.2, -0.15) is 0 Å². The number of aromatic nitrogens is 2. The van der Waals surface area contributed by atoms with Crippen molar-refractivity contribution in [2.24, 2.45) is 11.8 Å². The zero-order valence-electron chi connectivity index (χ0n) is 14.5. The maximum absolute atomic E-state index is 13.1. The first kappa shape index (κ1) is 18.4. The molecule has 0 amide bonds. The molecule has 0 aliphatic heterocycles. The van der Waals surface area contributed by atoms with E-state index in [1.54, 1.807) is 12.1 Å². The van der Waals surface area contributed by atoms with Crippen LogP contribution in [0.25, 0.3) is 11.3 Å². The van der Waals surface area contributed by atoms with Crippen molar-refractivity contribution >= 4 is 12.4 Å². The van der Waals surface area contributed by atoms with Crippen LogP contribution in [0.1, 0.15) is 56.8 Å². The van der Waals surface area contributed by atoms with Crippen LogP contribution in [0.15, 0.2) is 30.5 Å². The summed E-state index contributed by atoms with van der Waals surface area (Å²) in [7, 11) is 0. The second-order valence-corrected chi connectivity index (χ2v) is 7.42. The van der Waals surface area contributed by atoms with Gasteiger partial charge in [0, 0.05) is 0 Å². The maximum atomic E-state index is 13.1. The third-order valence-corrected chi connectivity index (χ3v) is 5.49. The van der Waals surface area contributed by atoms with Crippen LogP contribution in [0.3, 0.4) is 0 Å². The number of hydrogen-bond donors (Lipinski definition) is 2. The second-order valence-electron chi connectivity index (χ2n) is 7.42. The lowest BCUT2D eigenvalue weighted by atomic mass is 9.83. The van der Waals surface area contributed by atoms with Crippen molar-refractivity contribution < 1.29 is 4.39 Å². The molecular weight excluding hydrogens is 337 g/mol. The van der Waals surface area contributed by atoms with E-state index < -0.39 is 0 Å². The molecule has 0 bridgehead atoms. The zero-order valence-corrected chi connectivity index (χ0v) is 15.3. The minimum Gasteiger partial charge on any atom is -0.341 e. The summed E-state index contributed by atoms with van der Waals surface area (Å²) in [5.41, 5.74) is 1.96. The molecule has 3 nitrogen and oxygen atoms in total. The lowest BCUT2D eigenvalue weighted by Gasteiger charge is -2.30. The number of aromatic amines is 1. The molecule has 1 heterocycles. The molecule has 4 rings (SSSR count). The van der Waals surface area contributed by atoms with Crippen molar-refractivity contribution in [2.75, 3.05) is 6.54 Å². The van der Waals surface area contributed by atoms with Gasteiger partial charge < -0.3 is 10.3 Å². The van der Waals surface area contributed by atoms with E-state index in [2.05, 4.69) is 15.3 Å². The van der Waals surface area contributed by atoms with E-state index in [0.29, 0.717) is 12.0 Å². The molecule has 2 aromatic rings. The van der Waals surface area contributed by atoms with Crippen molar-refractivity contribution in [3.63, 3.8) is 0 Å². The van der Waals surface area contributed by atoms with Gasteiger partial charge >= 0.3 is 0 Å². The van der Waals surface area contributed by atoms with Gasteiger partial charge in [0.05, 0.1) is 17.9 Å². The molecule has 2 fully saturated rings. The Kier molecular flexibility index (Phi) is 6.13. The minimum atomic E-state index is -0.204. The SMILES string of the molecule is Cl.Fc1ccc(-c2cnc([C@@H](NCC3CC3)C3CCCCC3)[nH]2)cc1. The Morgan fingerprint density at radius 2 is 1.80 bits per heavy atom. The summed E-state index contributed by atoms with van der Waals surface area (Å²) in [4.78, 5) is 8.17. The van der Waals surface area contributed by atoms with Gasteiger partial charge in [-0.15, -0.1) is 12.4 Å². The van der Waals surface area contributed by atoms with Crippen LogP contribution in [0.2, 0.25) is 0 Å². The fraction of sp³-hybridized carbons (Fsp3) is 0.550. The fourth-order valence-corrected chi connectivity index (χ4v) is 3.84. The molecule has 25 heavy (non-hydrogen) atoms. The van der Waals surface area contributed by atoms with Crippen LogP contribution in [-0.2, 0) is 0 Å². The summed E-state index contributed by atoms with van der Waals surface area (Å²) in [6, 6.07) is 6.93. The first-order valence-electron chi connectivity index (χ1n) is 9.34. The van der Waals surface area contributed by atoms with Crippen LogP contribution in [0.5, 0.6) is 0 Å². The van der Waals surface area contributed by atoms with Crippen LogP contribution in [0.4, 0.5) is 4.39 Å². The van der Waals surface area contributed by atoms with Crippen LogP contribution in [-0.4, -0.2) is 16.5 Å². The highest BCUT2D eigenvalue weighted by atomic mass is 35.5. The van der Waals surface area contributed by atoms with Crippen molar-refractivity contribution in [2.45, 2.75) is 51.0 Å². The molecular formula is C20H27ClFN3. The molecule has 2 N–H and O–H groups in total. The van der Waals surface area contributed by atoms with Gasteiger partial charge in [0.15, 0.2) is 0 Å².